The zero-order valence-corrected chi connectivity index (χ0v) is 7.38. The van der Waals surface area contributed by atoms with Crippen LogP contribution in [-0.4, -0.2) is 14.6 Å². The molecule has 1 unspecified atom stereocenters. The minimum Gasteiger partial charge on any atom is -0.384 e. The Morgan fingerprint density at radius 3 is 2.38 bits per heavy atom. The molecule has 70 valence electrons. The van der Waals surface area contributed by atoms with Crippen molar-refractivity contribution in [1.29, 1.82) is 5.41 Å². The van der Waals surface area contributed by atoms with E-state index in [0.29, 0.717) is 5.56 Å². The molecule has 1 rings (SSSR count). The maximum atomic E-state index is 10.2. The highest BCUT2D eigenvalue weighted by atomic mass is 32.2. The predicted molar refractivity (Wildman–Crippen MR) is 48.9 cm³/mol. The molecule has 0 saturated carbocycles. The summed E-state index contributed by atoms with van der Waals surface area (Å²) in [6.45, 7) is 0. The van der Waals surface area contributed by atoms with Crippen LogP contribution in [0.2, 0.25) is 0 Å². The molecule has 0 aliphatic carbocycles. The normalized spacial score (nSPS) is 12.1. The van der Waals surface area contributed by atoms with Gasteiger partial charge in [0.1, 0.15) is 11.6 Å². The maximum Gasteiger partial charge on any atom is 0.357 e. The van der Waals surface area contributed by atoms with Crippen molar-refractivity contribution >= 4 is 17.2 Å². The lowest BCUT2D eigenvalue weighted by atomic mass is 10.2. The Labute approximate surface area is 77.5 Å². The van der Waals surface area contributed by atoms with E-state index < -0.39 is 11.4 Å². The summed E-state index contributed by atoms with van der Waals surface area (Å²) >= 11 is -2.32. The van der Waals surface area contributed by atoms with Gasteiger partial charge in [0.15, 0.2) is 0 Å². The van der Waals surface area contributed by atoms with Crippen LogP contribution in [-0.2, 0) is 11.4 Å². The lowest BCUT2D eigenvalue weighted by Crippen LogP contribution is -2.10. The van der Waals surface area contributed by atoms with Gasteiger partial charge in [-0.15, -0.1) is 0 Å². The monoisotopic (exact) mass is 200 g/mol. The Hall–Kier alpha value is -1.40. The number of hydrogen-bond acceptors (Lipinski definition) is 3. The molecule has 1 aromatic carbocycles. The van der Waals surface area contributed by atoms with Crippen LogP contribution >= 0.6 is 0 Å². The summed E-state index contributed by atoms with van der Waals surface area (Å²) in [7, 11) is 0. The molecule has 0 bridgehead atoms. The first-order valence-electron chi connectivity index (χ1n) is 3.33. The van der Waals surface area contributed by atoms with Gasteiger partial charge < -0.3 is 9.92 Å². The maximum absolute atomic E-state index is 10.2. The molecule has 0 aromatic heterocycles. The molecule has 6 heteroatoms. The first kappa shape index (κ1) is 9.69. The first-order valence-corrected chi connectivity index (χ1v) is 4.36. The molecular weight excluding hydrogens is 192 g/mol. The van der Waals surface area contributed by atoms with Crippen LogP contribution in [0.15, 0.2) is 24.3 Å². The smallest absolute Gasteiger partial charge is 0.357 e. The van der Waals surface area contributed by atoms with E-state index in [0.717, 1.165) is 0 Å². The average Bonchev–Trinajstić information content (AvgIpc) is 2.04. The lowest BCUT2D eigenvalue weighted by molar-refractivity contribution is 0.458. The molecule has 5 nitrogen and oxygen atoms in total. The van der Waals surface area contributed by atoms with E-state index in [9.17, 15) is 4.21 Å². The van der Waals surface area contributed by atoms with E-state index in [2.05, 4.69) is 4.18 Å². The second-order valence-electron chi connectivity index (χ2n) is 2.24. The van der Waals surface area contributed by atoms with Crippen molar-refractivity contribution in [3.63, 3.8) is 0 Å². The van der Waals surface area contributed by atoms with E-state index in [4.69, 9.17) is 15.7 Å². The van der Waals surface area contributed by atoms with Crippen LogP contribution in [0.4, 0.5) is 0 Å². The molecule has 0 spiro atoms. The Balaban J connectivity index is 2.81. The highest BCUT2D eigenvalue weighted by Crippen LogP contribution is 2.12. The Kier molecular flexibility index (Phi) is 2.99. The number of nitrogens with one attached hydrogen (secondary N) is 1. The first-order chi connectivity index (χ1) is 6.09. The van der Waals surface area contributed by atoms with Crippen LogP contribution in [0.3, 0.4) is 0 Å². The van der Waals surface area contributed by atoms with Crippen LogP contribution < -0.4 is 9.92 Å². The van der Waals surface area contributed by atoms with Crippen LogP contribution in [0, 0.1) is 5.41 Å². The van der Waals surface area contributed by atoms with Crippen molar-refractivity contribution in [2.75, 3.05) is 0 Å². The summed E-state index contributed by atoms with van der Waals surface area (Å²) in [6, 6.07) is 5.99. The fraction of sp³-hybridized carbons (Fsp3) is 0. The van der Waals surface area contributed by atoms with Crippen molar-refractivity contribution in [1.82, 2.24) is 0 Å². The van der Waals surface area contributed by atoms with Crippen molar-refractivity contribution < 1.29 is 12.9 Å². The van der Waals surface area contributed by atoms with Crippen molar-refractivity contribution in [2.24, 2.45) is 5.73 Å². The van der Waals surface area contributed by atoms with E-state index >= 15 is 0 Å². The van der Waals surface area contributed by atoms with Gasteiger partial charge in [0.2, 0.25) is 0 Å². The Morgan fingerprint density at radius 2 is 2.00 bits per heavy atom. The molecule has 0 heterocycles. The highest BCUT2D eigenvalue weighted by molar-refractivity contribution is 7.74. The summed E-state index contributed by atoms with van der Waals surface area (Å²) in [4.78, 5) is 0. The summed E-state index contributed by atoms with van der Waals surface area (Å²) in [5, 5.41) is 7.08. The summed E-state index contributed by atoms with van der Waals surface area (Å²) < 4.78 is 23.0. The molecule has 1 aromatic rings. The van der Waals surface area contributed by atoms with Crippen molar-refractivity contribution in [3.8, 4) is 5.75 Å². The van der Waals surface area contributed by atoms with Gasteiger partial charge >= 0.3 is 11.4 Å². The minimum absolute atomic E-state index is 0.0586. The number of hydrogen-bond donors (Lipinski definition) is 3. The van der Waals surface area contributed by atoms with Gasteiger partial charge in [-0.3, -0.25) is 9.96 Å². The van der Waals surface area contributed by atoms with Crippen molar-refractivity contribution in [2.45, 2.75) is 0 Å². The highest BCUT2D eigenvalue weighted by Gasteiger charge is 1.99. The number of nitrogen functional groups attached to an aromatic ring is 1. The second-order valence-corrected chi connectivity index (χ2v) is 2.84. The van der Waals surface area contributed by atoms with E-state index in [1.807, 2.05) is 0 Å². The van der Waals surface area contributed by atoms with Crippen LogP contribution in [0.1, 0.15) is 5.56 Å². The number of benzene rings is 1. The van der Waals surface area contributed by atoms with Gasteiger partial charge in [-0.25, -0.2) is 0 Å². The van der Waals surface area contributed by atoms with Gasteiger partial charge in [-0.2, -0.15) is 4.21 Å². The zero-order chi connectivity index (χ0) is 9.84. The third kappa shape index (κ3) is 2.85. The molecule has 0 amide bonds. The average molecular weight is 200 g/mol. The summed E-state index contributed by atoms with van der Waals surface area (Å²) in [5.74, 6) is 0.197. The Bertz CT molecular complexity index is 336. The number of nitrogens with two attached hydrogens (primary N) is 1. The standard InChI is InChI=1S/C7H8N2O3S/c8-7(9)5-1-3-6(4-2-5)12-13(10)11/h1-4H,(H3,8,9)(H,10,11). The third-order valence-corrected chi connectivity index (χ3v) is 1.67. The number of rotatable bonds is 3. The summed E-state index contributed by atoms with van der Waals surface area (Å²) in [6.07, 6.45) is 0. The predicted octanol–water partition coefficient (Wildman–Crippen LogP) is 0.486. The summed E-state index contributed by atoms with van der Waals surface area (Å²) in [5.41, 5.74) is 5.74. The topological polar surface area (TPSA) is 96.4 Å². The third-order valence-electron chi connectivity index (χ3n) is 1.33. The fourth-order valence-electron chi connectivity index (χ4n) is 0.772. The van der Waals surface area contributed by atoms with Gasteiger partial charge in [-0.05, 0) is 24.3 Å². The van der Waals surface area contributed by atoms with Gasteiger partial charge in [-0.1, -0.05) is 0 Å². The Morgan fingerprint density at radius 1 is 1.46 bits per heavy atom. The molecular formula is C7H8N2O3S. The molecule has 0 aliphatic rings. The lowest BCUT2D eigenvalue weighted by Gasteiger charge is -2.00. The number of amidine groups is 1. The van der Waals surface area contributed by atoms with Gasteiger partial charge in [0.25, 0.3) is 0 Å². The zero-order valence-electron chi connectivity index (χ0n) is 6.56. The van der Waals surface area contributed by atoms with Gasteiger partial charge in [0.05, 0.1) is 0 Å². The van der Waals surface area contributed by atoms with Gasteiger partial charge in [0, 0.05) is 5.56 Å². The molecule has 4 N–H and O–H groups in total. The molecule has 1 atom stereocenters. The largest absolute Gasteiger partial charge is 0.384 e. The molecule has 13 heavy (non-hydrogen) atoms. The second kappa shape index (κ2) is 4.01. The van der Waals surface area contributed by atoms with Crippen LogP contribution in [0.25, 0.3) is 0 Å². The minimum atomic E-state index is -2.32. The van der Waals surface area contributed by atoms with Crippen LogP contribution in [0.5, 0.6) is 5.75 Å². The molecule has 0 fully saturated rings. The van der Waals surface area contributed by atoms with E-state index in [1.165, 1.54) is 24.3 Å². The van der Waals surface area contributed by atoms with E-state index in [1.54, 1.807) is 0 Å². The molecule has 0 aliphatic heterocycles. The molecule has 0 saturated heterocycles. The van der Waals surface area contributed by atoms with Crippen molar-refractivity contribution in [3.05, 3.63) is 29.8 Å². The van der Waals surface area contributed by atoms with E-state index in [-0.39, 0.29) is 11.6 Å². The SMILES string of the molecule is N=C(N)c1ccc(OS(=O)O)cc1. The molecule has 0 radical (unpaired) electrons. The fourth-order valence-corrected chi connectivity index (χ4v) is 1.05. The quantitative estimate of drug-likeness (QED) is 0.375.